The molecule has 1 aromatic carbocycles. The van der Waals surface area contributed by atoms with E-state index in [4.69, 9.17) is 18.9 Å². The van der Waals surface area contributed by atoms with Gasteiger partial charge >= 0.3 is 5.97 Å². The number of carbonyl (C=O) groups is 1. The molecular weight excluding hydrogens is 260 g/mol. The summed E-state index contributed by atoms with van der Waals surface area (Å²) in [6, 6.07) is 5.33. The van der Waals surface area contributed by atoms with Crippen molar-refractivity contribution >= 4 is 5.97 Å². The van der Waals surface area contributed by atoms with Crippen LogP contribution in [-0.2, 0) is 14.3 Å². The molecule has 1 unspecified atom stereocenters. The molecule has 112 valence electrons. The molecule has 1 atom stereocenters. The molecule has 0 saturated carbocycles. The van der Waals surface area contributed by atoms with Crippen LogP contribution in [0, 0.1) is 0 Å². The zero-order valence-corrected chi connectivity index (χ0v) is 12.5. The van der Waals surface area contributed by atoms with Gasteiger partial charge in [-0.1, -0.05) is 0 Å². The minimum atomic E-state index is -0.528. The maximum Gasteiger partial charge on any atom is 0.315 e. The fourth-order valence-corrected chi connectivity index (χ4v) is 1.88. The molecule has 0 heterocycles. The van der Waals surface area contributed by atoms with E-state index in [0.717, 1.165) is 0 Å². The van der Waals surface area contributed by atoms with Crippen LogP contribution in [0.15, 0.2) is 18.2 Å². The van der Waals surface area contributed by atoms with Crippen molar-refractivity contribution in [3.05, 3.63) is 23.8 Å². The van der Waals surface area contributed by atoms with Crippen molar-refractivity contribution in [3.63, 3.8) is 0 Å². The van der Waals surface area contributed by atoms with Crippen LogP contribution in [0.2, 0.25) is 0 Å². The van der Waals surface area contributed by atoms with Crippen molar-refractivity contribution in [2.75, 3.05) is 34.0 Å². The quantitative estimate of drug-likeness (QED) is 0.685. The number of carbonyl (C=O) groups excluding carboxylic acids is 1. The Labute approximate surface area is 119 Å². The Bertz CT molecular complexity index is 430. The first kappa shape index (κ1) is 16.3. The van der Waals surface area contributed by atoms with E-state index in [9.17, 15) is 4.79 Å². The molecule has 1 rings (SSSR count). The van der Waals surface area contributed by atoms with Crippen molar-refractivity contribution < 1.29 is 23.7 Å². The minimum Gasteiger partial charge on any atom is -0.497 e. The number of esters is 1. The highest BCUT2D eigenvalue weighted by atomic mass is 16.5. The summed E-state index contributed by atoms with van der Waals surface area (Å²) in [5.74, 6) is 0.419. The zero-order chi connectivity index (χ0) is 15.0. The minimum absolute atomic E-state index is 0.249. The second kappa shape index (κ2) is 8.43. The van der Waals surface area contributed by atoms with E-state index in [-0.39, 0.29) is 12.6 Å². The Balaban J connectivity index is 3.12. The summed E-state index contributed by atoms with van der Waals surface area (Å²) >= 11 is 0. The third kappa shape index (κ3) is 4.13. The molecule has 0 aliphatic rings. The second-order valence-electron chi connectivity index (χ2n) is 4.07. The molecule has 0 radical (unpaired) electrons. The van der Waals surface area contributed by atoms with Crippen LogP contribution in [-0.4, -0.2) is 40.0 Å². The standard InChI is InChI=1S/C15H22O5/c1-5-19-10-13(15(16)20-6-2)12-9-11(17-3)7-8-14(12)18-4/h7-9,13H,5-6,10H2,1-4H3. The van der Waals surface area contributed by atoms with Crippen LogP contribution >= 0.6 is 0 Å². The Morgan fingerprint density at radius 1 is 1.15 bits per heavy atom. The first-order valence-corrected chi connectivity index (χ1v) is 6.64. The van der Waals surface area contributed by atoms with Gasteiger partial charge in [0.1, 0.15) is 17.4 Å². The predicted octanol–water partition coefficient (Wildman–Crippen LogP) is 2.39. The van der Waals surface area contributed by atoms with Gasteiger partial charge in [0, 0.05) is 12.2 Å². The summed E-state index contributed by atoms with van der Waals surface area (Å²) in [6.45, 7) is 4.76. The van der Waals surface area contributed by atoms with E-state index in [1.165, 1.54) is 0 Å². The molecule has 0 aliphatic heterocycles. The largest absolute Gasteiger partial charge is 0.497 e. The monoisotopic (exact) mass is 282 g/mol. The highest BCUT2D eigenvalue weighted by Crippen LogP contribution is 2.31. The lowest BCUT2D eigenvalue weighted by molar-refractivity contribution is -0.146. The van der Waals surface area contributed by atoms with E-state index in [1.54, 1.807) is 39.3 Å². The molecule has 5 heteroatoms. The van der Waals surface area contributed by atoms with Crippen LogP contribution in [0.1, 0.15) is 25.3 Å². The van der Waals surface area contributed by atoms with Gasteiger partial charge in [-0.15, -0.1) is 0 Å². The highest BCUT2D eigenvalue weighted by Gasteiger charge is 2.26. The topological polar surface area (TPSA) is 54.0 Å². The number of methoxy groups -OCH3 is 2. The highest BCUT2D eigenvalue weighted by molar-refractivity contribution is 5.79. The summed E-state index contributed by atoms with van der Waals surface area (Å²) < 4.78 is 21.0. The molecule has 0 aliphatic carbocycles. The first-order valence-electron chi connectivity index (χ1n) is 6.64. The van der Waals surface area contributed by atoms with E-state index in [2.05, 4.69) is 0 Å². The lowest BCUT2D eigenvalue weighted by atomic mass is 9.98. The molecule has 0 N–H and O–H groups in total. The van der Waals surface area contributed by atoms with Crippen molar-refractivity contribution in [2.45, 2.75) is 19.8 Å². The van der Waals surface area contributed by atoms with E-state index in [0.29, 0.717) is 30.3 Å². The average molecular weight is 282 g/mol. The number of ether oxygens (including phenoxy) is 4. The molecule has 0 spiro atoms. The van der Waals surface area contributed by atoms with Crippen LogP contribution in [0.25, 0.3) is 0 Å². The fraction of sp³-hybridized carbons (Fsp3) is 0.533. The number of rotatable bonds is 8. The average Bonchev–Trinajstić information content (AvgIpc) is 2.47. The molecule has 5 nitrogen and oxygen atoms in total. The van der Waals surface area contributed by atoms with Crippen LogP contribution in [0.5, 0.6) is 11.5 Å². The maximum absolute atomic E-state index is 12.1. The van der Waals surface area contributed by atoms with Crippen molar-refractivity contribution in [1.82, 2.24) is 0 Å². The third-order valence-corrected chi connectivity index (χ3v) is 2.87. The SMILES string of the molecule is CCOCC(C(=O)OCC)c1cc(OC)ccc1OC. The Kier molecular flexibility index (Phi) is 6.87. The summed E-state index contributed by atoms with van der Waals surface area (Å²) in [7, 11) is 3.14. The van der Waals surface area contributed by atoms with Gasteiger partial charge < -0.3 is 18.9 Å². The zero-order valence-electron chi connectivity index (χ0n) is 12.5. The summed E-state index contributed by atoms with van der Waals surface area (Å²) in [5, 5.41) is 0. The van der Waals surface area contributed by atoms with Gasteiger partial charge in [0.25, 0.3) is 0 Å². The van der Waals surface area contributed by atoms with E-state index >= 15 is 0 Å². The first-order chi connectivity index (χ1) is 9.67. The van der Waals surface area contributed by atoms with E-state index < -0.39 is 5.92 Å². The predicted molar refractivity (Wildman–Crippen MR) is 75.4 cm³/mol. The van der Waals surface area contributed by atoms with E-state index in [1.807, 2.05) is 6.92 Å². The lowest BCUT2D eigenvalue weighted by Gasteiger charge is -2.19. The number of hydrogen-bond donors (Lipinski definition) is 0. The Morgan fingerprint density at radius 2 is 1.90 bits per heavy atom. The van der Waals surface area contributed by atoms with Gasteiger partial charge in [-0.3, -0.25) is 4.79 Å². The second-order valence-corrected chi connectivity index (χ2v) is 4.07. The maximum atomic E-state index is 12.1. The van der Waals surface area contributed by atoms with Crippen molar-refractivity contribution in [3.8, 4) is 11.5 Å². The summed E-state index contributed by atoms with van der Waals surface area (Å²) in [4.78, 5) is 12.1. The van der Waals surface area contributed by atoms with Crippen molar-refractivity contribution in [1.29, 1.82) is 0 Å². The number of benzene rings is 1. The molecule has 0 amide bonds. The van der Waals surface area contributed by atoms with Crippen LogP contribution < -0.4 is 9.47 Å². The molecule has 1 aromatic rings. The van der Waals surface area contributed by atoms with Gasteiger partial charge in [-0.25, -0.2) is 0 Å². The number of hydrogen-bond acceptors (Lipinski definition) is 5. The van der Waals surface area contributed by atoms with Crippen molar-refractivity contribution in [2.24, 2.45) is 0 Å². The molecule has 0 aromatic heterocycles. The molecule has 0 bridgehead atoms. The van der Waals surface area contributed by atoms with Gasteiger partial charge in [0.15, 0.2) is 0 Å². The fourth-order valence-electron chi connectivity index (χ4n) is 1.88. The molecule has 0 saturated heterocycles. The molecule has 0 fully saturated rings. The molecule has 20 heavy (non-hydrogen) atoms. The summed E-state index contributed by atoms with van der Waals surface area (Å²) in [6.07, 6.45) is 0. The molecular formula is C15H22O5. The van der Waals surface area contributed by atoms with Crippen LogP contribution in [0.3, 0.4) is 0 Å². The Hall–Kier alpha value is -1.75. The smallest absolute Gasteiger partial charge is 0.315 e. The normalized spacial score (nSPS) is 11.8. The lowest BCUT2D eigenvalue weighted by Crippen LogP contribution is -2.21. The summed E-state index contributed by atoms with van der Waals surface area (Å²) in [5.41, 5.74) is 0.707. The van der Waals surface area contributed by atoms with Gasteiger partial charge in [0.05, 0.1) is 27.4 Å². The van der Waals surface area contributed by atoms with Gasteiger partial charge in [0.2, 0.25) is 0 Å². The Morgan fingerprint density at radius 3 is 2.45 bits per heavy atom. The third-order valence-electron chi connectivity index (χ3n) is 2.87. The van der Waals surface area contributed by atoms with Gasteiger partial charge in [-0.05, 0) is 32.0 Å². The van der Waals surface area contributed by atoms with Crippen LogP contribution in [0.4, 0.5) is 0 Å². The van der Waals surface area contributed by atoms with Gasteiger partial charge in [-0.2, -0.15) is 0 Å².